The highest BCUT2D eigenvalue weighted by Crippen LogP contribution is 2.24. The average molecular weight is 342 g/mol. The molecule has 3 nitrogen and oxygen atoms in total. The molecule has 0 aliphatic heterocycles. The van der Waals surface area contributed by atoms with E-state index in [2.05, 4.69) is 26.1 Å². The van der Waals surface area contributed by atoms with Crippen molar-refractivity contribution < 1.29 is 9.47 Å². The smallest absolute Gasteiger partial charge is 0.180 e. The van der Waals surface area contributed by atoms with Crippen molar-refractivity contribution in [3.63, 3.8) is 0 Å². The summed E-state index contributed by atoms with van der Waals surface area (Å²) in [7, 11) is 0. The Morgan fingerprint density at radius 2 is 1.38 bits per heavy atom. The second kappa shape index (κ2) is 14.1. The molecule has 1 aliphatic carbocycles. The third-order valence-electron chi connectivity index (χ3n) is 5.24. The van der Waals surface area contributed by atoms with Crippen LogP contribution < -0.4 is 5.32 Å². The van der Waals surface area contributed by atoms with E-state index in [0.717, 1.165) is 26.2 Å². The molecule has 0 radical (unpaired) electrons. The number of nitrogens with one attached hydrogen (secondary N) is 1. The first-order valence-electron chi connectivity index (χ1n) is 10.8. The molecule has 0 saturated heterocycles. The third kappa shape index (κ3) is 9.39. The van der Waals surface area contributed by atoms with Crippen molar-refractivity contribution in [1.82, 2.24) is 5.32 Å². The Hall–Kier alpha value is -0.120. The monoisotopic (exact) mass is 341 g/mol. The molecule has 3 heteroatoms. The maximum absolute atomic E-state index is 6.12. The maximum Gasteiger partial charge on any atom is 0.180 e. The molecule has 0 unspecified atom stereocenters. The zero-order chi connectivity index (χ0) is 17.5. The van der Waals surface area contributed by atoms with Gasteiger partial charge in [-0.15, -0.1) is 0 Å². The minimum atomic E-state index is -0.412. The van der Waals surface area contributed by atoms with Gasteiger partial charge in [0, 0.05) is 32.2 Å². The van der Waals surface area contributed by atoms with E-state index in [-0.39, 0.29) is 0 Å². The second-order valence-corrected chi connectivity index (χ2v) is 7.36. The lowest BCUT2D eigenvalue weighted by molar-refractivity contribution is -0.235. The van der Waals surface area contributed by atoms with Crippen LogP contribution in [0.4, 0.5) is 0 Å². The summed E-state index contributed by atoms with van der Waals surface area (Å²) >= 11 is 0. The van der Waals surface area contributed by atoms with Crippen LogP contribution in [-0.2, 0) is 9.47 Å². The topological polar surface area (TPSA) is 30.5 Å². The predicted molar refractivity (Wildman–Crippen MR) is 103 cm³/mol. The lowest BCUT2D eigenvalue weighted by Gasteiger charge is -2.36. The Labute approximate surface area is 151 Å². The molecule has 0 atom stereocenters. The zero-order valence-corrected chi connectivity index (χ0v) is 16.7. The fourth-order valence-corrected chi connectivity index (χ4v) is 3.86. The Morgan fingerprint density at radius 3 is 1.96 bits per heavy atom. The molecule has 0 aromatic heterocycles. The molecule has 1 N–H and O–H groups in total. The van der Waals surface area contributed by atoms with Gasteiger partial charge in [0.1, 0.15) is 0 Å². The molecule has 0 aromatic carbocycles. The van der Waals surface area contributed by atoms with Crippen molar-refractivity contribution in [1.29, 1.82) is 0 Å². The van der Waals surface area contributed by atoms with Crippen molar-refractivity contribution in [2.24, 2.45) is 0 Å². The van der Waals surface area contributed by atoms with Crippen molar-refractivity contribution in [2.45, 2.75) is 116 Å². The van der Waals surface area contributed by atoms with Crippen molar-refractivity contribution in [3.05, 3.63) is 0 Å². The molecule has 0 bridgehead atoms. The molecule has 1 rings (SSSR count). The Kier molecular flexibility index (Phi) is 12.9. The van der Waals surface area contributed by atoms with Crippen molar-refractivity contribution >= 4 is 0 Å². The zero-order valence-electron chi connectivity index (χ0n) is 16.7. The largest absolute Gasteiger partial charge is 0.349 e. The van der Waals surface area contributed by atoms with Gasteiger partial charge < -0.3 is 14.8 Å². The van der Waals surface area contributed by atoms with Gasteiger partial charge in [0.05, 0.1) is 0 Å². The summed E-state index contributed by atoms with van der Waals surface area (Å²) in [5.74, 6) is -0.412. The Bertz CT molecular complexity index is 271. The molecule has 144 valence electrons. The quantitative estimate of drug-likeness (QED) is 0.301. The lowest BCUT2D eigenvalue weighted by Crippen LogP contribution is -2.49. The number of ether oxygens (including phenoxy) is 2. The van der Waals surface area contributed by atoms with Gasteiger partial charge in [-0.2, -0.15) is 0 Å². The number of hydrogen-bond donors (Lipinski definition) is 1. The van der Waals surface area contributed by atoms with Gasteiger partial charge in [0.2, 0.25) is 0 Å². The van der Waals surface area contributed by atoms with Crippen LogP contribution in [0.2, 0.25) is 0 Å². The van der Waals surface area contributed by atoms with Gasteiger partial charge in [0.15, 0.2) is 5.79 Å². The van der Waals surface area contributed by atoms with Crippen LogP contribution in [0.1, 0.15) is 104 Å². The summed E-state index contributed by atoms with van der Waals surface area (Å²) in [6.45, 7) is 8.73. The van der Waals surface area contributed by atoms with Crippen LogP contribution in [-0.4, -0.2) is 31.6 Å². The molecule has 0 spiro atoms. The van der Waals surface area contributed by atoms with Gasteiger partial charge in [-0.05, 0) is 33.1 Å². The maximum atomic E-state index is 6.12. The summed E-state index contributed by atoms with van der Waals surface area (Å²) in [5, 5.41) is 3.75. The van der Waals surface area contributed by atoms with Crippen molar-refractivity contribution in [2.75, 3.05) is 19.8 Å². The molecule has 0 amide bonds. The van der Waals surface area contributed by atoms with E-state index in [0.29, 0.717) is 6.04 Å². The van der Waals surface area contributed by atoms with E-state index in [9.17, 15) is 0 Å². The highest BCUT2D eigenvalue weighted by atomic mass is 16.7. The van der Waals surface area contributed by atoms with Crippen LogP contribution >= 0.6 is 0 Å². The van der Waals surface area contributed by atoms with Crippen LogP contribution in [0.5, 0.6) is 0 Å². The van der Waals surface area contributed by atoms with Crippen molar-refractivity contribution in [3.8, 4) is 0 Å². The van der Waals surface area contributed by atoms with Gasteiger partial charge in [-0.25, -0.2) is 0 Å². The van der Waals surface area contributed by atoms with E-state index in [4.69, 9.17) is 9.47 Å². The molecule has 1 fully saturated rings. The van der Waals surface area contributed by atoms with E-state index in [1.165, 1.54) is 77.0 Å². The number of hydrogen-bond acceptors (Lipinski definition) is 3. The summed E-state index contributed by atoms with van der Waals surface area (Å²) in [6.07, 6.45) is 17.1. The minimum Gasteiger partial charge on any atom is -0.349 e. The first kappa shape index (κ1) is 21.9. The van der Waals surface area contributed by atoms with Gasteiger partial charge >= 0.3 is 0 Å². The van der Waals surface area contributed by atoms with E-state index >= 15 is 0 Å². The van der Waals surface area contributed by atoms with Gasteiger partial charge in [-0.3, -0.25) is 0 Å². The molecule has 0 aromatic rings. The molecule has 24 heavy (non-hydrogen) atoms. The highest BCUT2D eigenvalue weighted by Gasteiger charge is 2.31. The summed E-state index contributed by atoms with van der Waals surface area (Å²) in [6, 6.07) is 0.660. The van der Waals surface area contributed by atoms with Crippen LogP contribution in [0, 0.1) is 0 Å². The molecular weight excluding hydrogens is 298 g/mol. The number of rotatable bonds is 15. The highest BCUT2D eigenvalue weighted by molar-refractivity contribution is 4.79. The van der Waals surface area contributed by atoms with Gasteiger partial charge in [-0.1, -0.05) is 64.7 Å². The fourth-order valence-electron chi connectivity index (χ4n) is 3.86. The summed E-state index contributed by atoms with van der Waals surface area (Å²) in [4.78, 5) is 0. The van der Waals surface area contributed by atoms with Gasteiger partial charge in [0.25, 0.3) is 0 Å². The summed E-state index contributed by atoms with van der Waals surface area (Å²) < 4.78 is 12.2. The Morgan fingerprint density at radius 1 is 0.792 bits per heavy atom. The molecule has 0 heterocycles. The van der Waals surface area contributed by atoms with E-state index in [1.807, 2.05) is 0 Å². The SMILES string of the molecule is CCCCCCCCCC(CNC1CCCCC1)(OCC)OCC. The van der Waals surface area contributed by atoms with E-state index < -0.39 is 5.79 Å². The first-order valence-corrected chi connectivity index (χ1v) is 10.8. The normalized spacial score (nSPS) is 16.6. The minimum absolute atomic E-state index is 0.412. The first-order chi connectivity index (χ1) is 11.8. The van der Waals surface area contributed by atoms with Crippen LogP contribution in [0.3, 0.4) is 0 Å². The molecule has 1 saturated carbocycles. The Balaban J connectivity index is 2.35. The molecule has 1 aliphatic rings. The predicted octanol–water partition coefficient (Wildman–Crippen LogP) is 5.82. The van der Waals surface area contributed by atoms with Crippen LogP contribution in [0.25, 0.3) is 0 Å². The molecular formula is C21H43NO2. The fraction of sp³-hybridized carbons (Fsp3) is 1.00. The second-order valence-electron chi connectivity index (χ2n) is 7.36. The lowest BCUT2D eigenvalue weighted by atomic mass is 9.95. The van der Waals surface area contributed by atoms with Crippen LogP contribution in [0.15, 0.2) is 0 Å². The van der Waals surface area contributed by atoms with E-state index in [1.54, 1.807) is 0 Å². The summed E-state index contributed by atoms with van der Waals surface area (Å²) in [5.41, 5.74) is 0. The average Bonchev–Trinajstić information content (AvgIpc) is 2.61. The standard InChI is InChI=1S/C21H43NO2/c1-4-7-8-9-10-11-15-18-21(23-5-2,24-6-3)19-22-20-16-13-12-14-17-20/h20,22H,4-19H2,1-3H3. The number of unbranched alkanes of at least 4 members (excludes halogenated alkanes) is 6. The third-order valence-corrected chi connectivity index (χ3v) is 5.24.